The Bertz CT molecular complexity index is 388. The van der Waals surface area contributed by atoms with Gasteiger partial charge in [0.05, 0.1) is 11.2 Å². The highest BCUT2D eigenvalue weighted by Gasteiger charge is 2.36. The van der Waals surface area contributed by atoms with E-state index in [1.807, 2.05) is 0 Å². The molecule has 0 aliphatic carbocycles. The summed E-state index contributed by atoms with van der Waals surface area (Å²) in [5.41, 5.74) is 7.56. The van der Waals surface area contributed by atoms with Crippen molar-refractivity contribution >= 4 is 5.69 Å². The van der Waals surface area contributed by atoms with Crippen LogP contribution in [0.2, 0.25) is 0 Å². The van der Waals surface area contributed by atoms with Gasteiger partial charge in [-0.3, -0.25) is 5.01 Å². The van der Waals surface area contributed by atoms with Gasteiger partial charge in [0.1, 0.15) is 0 Å². The van der Waals surface area contributed by atoms with Crippen LogP contribution < -0.4 is 10.4 Å². The number of hydrogen-bond acceptors (Lipinski definition) is 1. The number of rotatable bonds is 0. The van der Waals surface area contributed by atoms with Crippen LogP contribution in [0, 0.1) is 0 Å². The molecule has 0 aromatic heterocycles. The zero-order valence-corrected chi connectivity index (χ0v) is 10.9. The van der Waals surface area contributed by atoms with E-state index >= 15 is 0 Å². The fraction of sp³-hybridized carbons (Fsp3) is 0.571. The highest BCUT2D eigenvalue weighted by Crippen LogP contribution is 2.34. The lowest BCUT2D eigenvalue weighted by atomic mass is 9.90. The summed E-state index contributed by atoms with van der Waals surface area (Å²) in [6, 6.07) is 8.58. The Morgan fingerprint density at radius 1 is 1.19 bits per heavy atom. The first-order chi connectivity index (χ1) is 7.30. The fourth-order valence-electron chi connectivity index (χ4n) is 2.20. The van der Waals surface area contributed by atoms with E-state index in [4.69, 9.17) is 5.43 Å². The van der Waals surface area contributed by atoms with Gasteiger partial charge in [-0.25, -0.2) is 0 Å². The summed E-state index contributed by atoms with van der Waals surface area (Å²) in [5, 5.41) is 2.17. The van der Waals surface area contributed by atoms with Gasteiger partial charge in [-0.1, -0.05) is 18.2 Å². The van der Waals surface area contributed by atoms with Crippen LogP contribution >= 0.6 is 0 Å². The van der Waals surface area contributed by atoms with Crippen LogP contribution in [0.3, 0.4) is 0 Å². The first-order valence-electron chi connectivity index (χ1n) is 5.91. The Hall–Kier alpha value is -1.02. The lowest BCUT2D eigenvalue weighted by Crippen LogP contribution is -2.57. The summed E-state index contributed by atoms with van der Waals surface area (Å²) in [4.78, 5) is 0. The third-order valence-electron chi connectivity index (χ3n) is 2.85. The van der Waals surface area contributed by atoms with Crippen molar-refractivity contribution in [3.8, 4) is 0 Å². The third-order valence-corrected chi connectivity index (χ3v) is 2.85. The number of para-hydroxylation sites is 1. The molecule has 2 heteroatoms. The van der Waals surface area contributed by atoms with Gasteiger partial charge in [0.15, 0.2) is 0 Å². The zero-order valence-electron chi connectivity index (χ0n) is 10.9. The van der Waals surface area contributed by atoms with E-state index in [1.54, 1.807) is 0 Å². The molecule has 16 heavy (non-hydrogen) atoms. The predicted molar refractivity (Wildman–Crippen MR) is 68.6 cm³/mol. The molecule has 2 nitrogen and oxygen atoms in total. The average molecular weight is 217 g/mol. The molecular formula is C14H21N2. The predicted octanol–water partition coefficient (Wildman–Crippen LogP) is 3.15. The van der Waals surface area contributed by atoms with Crippen LogP contribution in [0.4, 0.5) is 5.69 Å². The van der Waals surface area contributed by atoms with E-state index in [0.717, 1.165) is 6.42 Å². The second-order valence-electron chi connectivity index (χ2n) is 6.20. The normalized spacial score (nSPS) is 19.4. The first kappa shape index (κ1) is 11.5. The van der Waals surface area contributed by atoms with E-state index in [0.29, 0.717) is 0 Å². The van der Waals surface area contributed by atoms with E-state index in [-0.39, 0.29) is 11.1 Å². The van der Waals surface area contributed by atoms with Gasteiger partial charge in [0, 0.05) is 5.54 Å². The summed E-state index contributed by atoms with van der Waals surface area (Å²) in [5.74, 6) is 0. The average Bonchev–Trinajstić information content (AvgIpc) is 2.13. The fourth-order valence-corrected chi connectivity index (χ4v) is 2.20. The van der Waals surface area contributed by atoms with Crippen molar-refractivity contribution in [3.05, 3.63) is 29.8 Å². The first-order valence-corrected chi connectivity index (χ1v) is 5.91. The van der Waals surface area contributed by atoms with Gasteiger partial charge >= 0.3 is 0 Å². The lowest BCUT2D eigenvalue weighted by Gasteiger charge is -2.46. The van der Waals surface area contributed by atoms with Crippen molar-refractivity contribution < 1.29 is 0 Å². The Kier molecular flexibility index (Phi) is 2.50. The second-order valence-corrected chi connectivity index (χ2v) is 6.20. The molecule has 0 fully saturated rings. The molecule has 1 aromatic carbocycles. The Labute approximate surface area is 98.6 Å². The maximum Gasteiger partial charge on any atom is 0.0575 e. The minimum absolute atomic E-state index is 0.00162. The quantitative estimate of drug-likeness (QED) is 0.652. The summed E-state index contributed by atoms with van der Waals surface area (Å²) in [6.07, 6.45) is 1.02. The number of anilines is 1. The molecule has 2 rings (SSSR count). The minimum atomic E-state index is 0.00162. The molecule has 87 valence electrons. The van der Waals surface area contributed by atoms with Gasteiger partial charge in [0.25, 0.3) is 0 Å². The molecule has 0 amide bonds. The molecule has 0 unspecified atom stereocenters. The molecule has 1 aromatic rings. The van der Waals surface area contributed by atoms with Crippen LogP contribution in [0.1, 0.15) is 40.2 Å². The third kappa shape index (κ3) is 2.07. The largest absolute Gasteiger partial charge is 0.285 e. The summed E-state index contributed by atoms with van der Waals surface area (Å²) in [6.45, 7) is 11.0. The Morgan fingerprint density at radius 3 is 2.44 bits per heavy atom. The van der Waals surface area contributed by atoms with Crippen LogP contribution in [-0.4, -0.2) is 11.1 Å². The van der Waals surface area contributed by atoms with Gasteiger partial charge in [0.2, 0.25) is 0 Å². The number of fused-ring (bicyclic) bond motifs is 1. The van der Waals surface area contributed by atoms with Crippen LogP contribution in [0.15, 0.2) is 24.3 Å². The van der Waals surface area contributed by atoms with Gasteiger partial charge in [-0.05, 0) is 52.7 Å². The highest BCUT2D eigenvalue weighted by molar-refractivity contribution is 5.57. The van der Waals surface area contributed by atoms with Crippen molar-refractivity contribution in [2.24, 2.45) is 0 Å². The Balaban J connectivity index is 2.48. The molecule has 0 bridgehead atoms. The van der Waals surface area contributed by atoms with Crippen molar-refractivity contribution in [2.45, 2.75) is 52.1 Å². The van der Waals surface area contributed by atoms with Crippen molar-refractivity contribution in [1.29, 1.82) is 0 Å². The summed E-state index contributed by atoms with van der Waals surface area (Å²) < 4.78 is 0. The van der Waals surface area contributed by atoms with Crippen molar-refractivity contribution in [2.75, 3.05) is 5.01 Å². The summed E-state index contributed by atoms with van der Waals surface area (Å²) >= 11 is 0. The maximum atomic E-state index is 4.86. The molecule has 0 N–H and O–H groups in total. The standard InChI is InChI=1S/C14H21N2/c1-13(2,3)16-12-9-7-6-8-11(12)10-14(4,5)15-16/h6-9H,10H2,1-5H3. The van der Waals surface area contributed by atoms with Gasteiger partial charge in [-0.15, -0.1) is 5.43 Å². The molecule has 1 aliphatic heterocycles. The topological polar surface area (TPSA) is 17.3 Å². The zero-order chi connectivity index (χ0) is 12.0. The van der Waals surface area contributed by atoms with Crippen LogP contribution in [-0.2, 0) is 6.42 Å². The van der Waals surface area contributed by atoms with E-state index in [2.05, 4.69) is 63.9 Å². The van der Waals surface area contributed by atoms with E-state index in [9.17, 15) is 0 Å². The molecule has 0 spiro atoms. The number of benzene rings is 1. The van der Waals surface area contributed by atoms with Crippen LogP contribution in [0.5, 0.6) is 0 Å². The molecule has 1 radical (unpaired) electrons. The van der Waals surface area contributed by atoms with Crippen molar-refractivity contribution in [3.63, 3.8) is 0 Å². The van der Waals surface area contributed by atoms with Crippen LogP contribution in [0.25, 0.3) is 0 Å². The minimum Gasteiger partial charge on any atom is -0.285 e. The highest BCUT2D eigenvalue weighted by atomic mass is 15.6. The lowest BCUT2D eigenvalue weighted by molar-refractivity contribution is 0.291. The SMILES string of the molecule is CC1(C)Cc2ccccc2N(C(C)(C)C)[N]1. The molecule has 0 atom stereocenters. The smallest absolute Gasteiger partial charge is 0.0575 e. The second kappa shape index (κ2) is 3.49. The van der Waals surface area contributed by atoms with E-state index in [1.165, 1.54) is 11.3 Å². The Morgan fingerprint density at radius 2 is 1.81 bits per heavy atom. The monoisotopic (exact) mass is 217 g/mol. The molecule has 0 saturated carbocycles. The summed E-state index contributed by atoms with van der Waals surface area (Å²) in [7, 11) is 0. The van der Waals surface area contributed by atoms with E-state index < -0.39 is 0 Å². The maximum absolute atomic E-state index is 4.86. The molecule has 1 heterocycles. The van der Waals surface area contributed by atoms with Gasteiger partial charge < -0.3 is 0 Å². The number of hydrogen-bond donors (Lipinski definition) is 0. The molecular weight excluding hydrogens is 196 g/mol. The molecule has 1 aliphatic rings. The number of nitrogens with zero attached hydrogens (tertiary/aromatic N) is 2. The molecule has 0 saturated heterocycles. The van der Waals surface area contributed by atoms with Crippen molar-refractivity contribution in [1.82, 2.24) is 5.43 Å². The van der Waals surface area contributed by atoms with Gasteiger partial charge in [-0.2, -0.15) is 0 Å².